The third-order valence-electron chi connectivity index (χ3n) is 13.5. The minimum atomic E-state index is -0.201. The van der Waals surface area contributed by atoms with Gasteiger partial charge in [-0.3, -0.25) is 0 Å². The molecule has 0 fully saturated rings. The van der Waals surface area contributed by atoms with Gasteiger partial charge < -0.3 is 19.0 Å². The van der Waals surface area contributed by atoms with E-state index in [1.807, 2.05) is 0 Å². The molecule has 5 heteroatoms. The molecule has 1 aromatic heterocycles. The Bertz CT molecular complexity index is 3570. The summed E-state index contributed by atoms with van der Waals surface area (Å²) in [5.41, 5.74) is 21.3. The van der Waals surface area contributed by atoms with E-state index < -0.39 is 0 Å². The topological polar surface area (TPSA) is 22.9 Å². The molecule has 3 heterocycles. The third-order valence-corrected chi connectivity index (χ3v) is 13.5. The average Bonchev–Trinajstić information content (AvgIpc) is 3.76. The number of para-hydroxylation sites is 4. The summed E-state index contributed by atoms with van der Waals surface area (Å²) in [6, 6.07) is 85.7. The van der Waals surface area contributed by atoms with Gasteiger partial charge in [0.2, 0.25) is 0 Å². The highest BCUT2D eigenvalue weighted by Gasteiger charge is 2.47. The van der Waals surface area contributed by atoms with E-state index in [4.69, 9.17) is 4.42 Å². The molecule has 0 radical (unpaired) electrons. The number of benzene rings is 10. The van der Waals surface area contributed by atoms with Crippen LogP contribution in [0.1, 0.15) is 5.56 Å². The minimum Gasteiger partial charge on any atom is -0.455 e. The van der Waals surface area contributed by atoms with Crippen molar-refractivity contribution in [3.63, 3.8) is 0 Å². The zero-order valence-electron chi connectivity index (χ0n) is 36.3. The van der Waals surface area contributed by atoms with Crippen molar-refractivity contribution in [2.45, 2.75) is 6.92 Å². The molecule has 66 heavy (non-hydrogen) atoms. The Labute approximate surface area is 385 Å². The van der Waals surface area contributed by atoms with E-state index in [1.165, 1.54) is 38.7 Å². The maximum Gasteiger partial charge on any atom is 0.333 e. The van der Waals surface area contributed by atoms with Gasteiger partial charge in [-0.15, -0.1) is 0 Å². The van der Waals surface area contributed by atoms with Crippen LogP contribution < -0.4 is 25.5 Å². The van der Waals surface area contributed by atoms with Crippen molar-refractivity contribution in [1.82, 2.24) is 0 Å². The Morgan fingerprint density at radius 1 is 0.424 bits per heavy atom. The van der Waals surface area contributed by atoms with E-state index in [0.717, 1.165) is 78.6 Å². The molecule has 0 saturated heterocycles. The van der Waals surface area contributed by atoms with Gasteiger partial charge in [0, 0.05) is 67.4 Å². The van der Waals surface area contributed by atoms with Gasteiger partial charge in [-0.05, 0) is 125 Å². The molecular formula is C61H42BN3O. The Morgan fingerprint density at radius 2 is 1.02 bits per heavy atom. The van der Waals surface area contributed by atoms with Crippen molar-refractivity contribution in [2.24, 2.45) is 0 Å². The molecule has 0 aliphatic carbocycles. The van der Waals surface area contributed by atoms with Crippen LogP contribution in [0.25, 0.3) is 55.3 Å². The Hall–Kier alpha value is -8.54. The molecule has 0 N–H and O–H groups in total. The Balaban J connectivity index is 1.15. The third kappa shape index (κ3) is 6.01. The molecule has 4 nitrogen and oxygen atoms in total. The van der Waals surface area contributed by atoms with Gasteiger partial charge in [0.1, 0.15) is 11.2 Å². The lowest BCUT2D eigenvalue weighted by molar-refractivity contribution is 0.670. The molecule has 0 bridgehead atoms. The maximum absolute atomic E-state index is 7.13. The second-order valence-corrected chi connectivity index (χ2v) is 17.3. The summed E-state index contributed by atoms with van der Waals surface area (Å²) in [5.74, 6) is 0. The van der Waals surface area contributed by atoms with E-state index in [1.54, 1.807) is 0 Å². The van der Waals surface area contributed by atoms with Crippen LogP contribution in [-0.4, -0.2) is 6.85 Å². The smallest absolute Gasteiger partial charge is 0.333 e. The minimum absolute atomic E-state index is 0.201. The number of aryl methyl sites for hydroxylation is 1. The number of hydrogen-bond acceptors (Lipinski definition) is 4. The van der Waals surface area contributed by atoms with Gasteiger partial charge in [0.15, 0.2) is 0 Å². The first-order valence-electron chi connectivity index (χ1n) is 22.7. The van der Waals surface area contributed by atoms with Crippen molar-refractivity contribution < 1.29 is 4.42 Å². The second-order valence-electron chi connectivity index (χ2n) is 17.3. The first-order chi connectivity index (χ1) is 32.7. The van der Waals surface area contributed by atoms with Crippen LogP contribution >= 0.6 is 0 Å². The van der Waals surface area contributed by atoms with Crippen LogP contribution in [-0.2, 0) is 0 Å². The second kappa shape index (κ2) is 15.3. The fourth-order valence-electron chi connectivity index (χ4n) is 10.5. The van der Waals surface area contributed by atoms with Crippen LogP contribution in [0.15, 0.2) is 241 Å². The van der Waals surface area contributed by atoms with Gasteiger partial charge >= 0.3 is 6.85 Å². The van der Waals surface area contributed by atoms with Crippen LogP contribution in [0.4, 0.5) is 45.5 Å². The summed E-state index contributed by atoms with van der Waals surface area (Å²) in [6.45, 7) is 2.03. The number of furan rings is 1. The predicted octanol–water partition coefficient (Wildman–Crippen LogP) is 15.4. The molecule has 10 aromatic carbocycles. The molecule has 0 unspecified atom stereocenters. The van der Waals surface area contributed by atoms with Gasteiger partial charge in [-0.25, -0.2) is 0 Å². The van der Waals surface area contributed by atoms with E-state index >= 15 is 0 Å². The number of anilines is 8. The normalized spacial score (nSPS) is 12.5. The number of hydrogen-bond donors (Lipinski definition) is 0. The summed E-state index contributed by atoms with van der Waals surface area (Å²) >= 11 is 0. The average molecular weight is 844 g/mol. The summed E-state index contributed by atoms with van der Waals surface area (Å²) in [6.07, 6.45) is 0. The molecule has 13 rings (SSSR count). The fourth-order valence-corrected chi connectivity index (χ4v) is 10.5. The molecule has 310 valence electrons. The largest absolute Gasteiger partial charge is 0.455 e. The maximum atomic E-state index is 7.13. The van der Waals surface area contributed by atoms with E-state index in [2.05, 4.69) is 258 Å². The SMILES string of the molecule is Cc1ccccc1N1c2cc(-c3ccccc3)ccc2B2c3c1cc1c(oc4ccccc41)c3-c1cc(N(c3ccccc3)c3ccccc3)ccc1N2c1ccc(-c2ccccc2)cc1. The van der Waals surface area contributed by atoms with Gasteiger partial charge in [-0.1, -0.05) is 158 Å². The summed E-state index contributed by atoms with van der Waals surface area (Å²) in [7, 11) is 0. The van der Waals surface area contributed by atoms with Crippen molar-refractivity contribution >= 4 is 85.2 Å². The molecule has 2 aliphatic heterocycles. The van der Waals surface area contributed by atoms with E-state index in [0.29, 0.717) is 0 Å². The van der Waals surface area contributed by atoms with Crippen LogP contribution in [0.3, 0.4) is 0 Å². The van der Waals surface area contributed by atoms with Crippen molar-refractivity contribution in [3.05, 3.63) is 242 Å². The van der Waals surface area contributed by atoms with Crippen molar-refractivity contribution in [3.8, 4) is 33.4 Å². The molecular weight excluding hydrogens is 802 g/mol. The van der Waals surface area contributed by atoms with Gasteiger partial charge in [0.05, 0.1) is 0 Å². The quantitative estimate of drug-likeness (QED) is 0.149. The first kappa shape index (κ1) is 38.0. The molecule has 0 saturated carbocycles. The van der Waals surface area contributed by atoms with E-state index in [-0.39, 0.29) is 6.85 Å². The lowest BCUT2D eigenvalue weighted by Crippen LogP contribution is -2.61. The van der Waals surface area contributed by atoms with Crippen LogP contribution in [0.2, 0.25) is 0 Å². The highest BCUT2D eigenvalue weighted by Crippen LogP contribution is 2.52. The Morgan fingerprint density at radius 3 is 1.71 bits per heavy atom. The standard InChI is InChI=1S/C61H42BN3O/c1-41-18-14-16-28-54(41)64-56-38-45(43-21-8-3-9-22-43)32-36-53(56)62-60-57(64)40-51-50-27-15-17-29-58(50)66-61(51)59(60)52-39-49(63(46-23-10-4-11-24-46)47-25-12-5-13-26-47)35-37-55(52)65(62)48-33-30-44(31-34-48)42-19-6-2-7-20-42/h2-40H,1H3. The molecule has 0 atom stereocenters. The van der Waals surface area contributed by atoms with E-state index in [9.17, 15) is 0 Å². The van der Waals surface area contributed by atoms with Crippen LogP contribution in [0, 0.1) is 6.92 Å². The predicted molar refractivity (Wildman–Crippen MR) is 278 cm³/mol. The summed E-state index contributed by atoms with van der Waals surface area (Å²) < 4.78 is 7.13. The molecule has 0 amide bonds. The monoisotopic (exact) mass is 843 g/mol. The highest BCUT2D eigenvalue weighted by molar-refractivity contribution is 6.94. The lowest BCUT2D eigenvalue weighted by Gasteiger charge is -2.46. The summed E-state index contributed by atoms with van der Waals surface area (Å²) in [5, 5.41) is 2.20. The number of rotatable bonds is 7. The first-order valence-corrected chi connectivity index (χ1v) is 22.7. The summed E-state index contributed by atoms with van der Waals surface area (Å²) in [4.78, 5) is 7.47. The number of fused-ring (bicyclic) bond motifs is 8. The zero-order chi connectivity index (χ0) is 43.7. The zero-order valence-corrected chi connectivity index (χ0v) is 36.3. The van der Waals surface area contributed by atoms with Crippen molar-refractivity contribution in [1.29, 1.82) is 0 Å². The molecule has 0 spiro atoms. The number of nitrogens with zero attached hydrogens (tertiary/aromatic N) is 3. The highest BCUT2D eigenvalue weighted by atomic mass is 16.3. The van der Waals surface area contributed by atoms with Gasteiger partial charge in [-0.2, -0.15) is 0 Å². The molecule has 11 aromatic rings. The molecule has 2 aliphatic rings. The van der Waals surface area contributed by atoms with Gasteiger partial charge in [0.25, 0.3) is 0 Å². The van der Waals surface area contributed by atoms with Crippen molar-refractivity contribution in [2.75, 3.05) is 14.6 Å². The fraction of sp³-hybridized carbons (Fsp3) is 0.0164. The van der Waals surface area contributed by atoms with Crippen LogP contribution in [0.5, 0.6) is 0 Å². The lowest BCUT2D eigenvalue weighted by atomic mass is 9.43. The Kier molecular flexibility index (Phi) is 8.82.